The second kappa shape index (κ2) is 6.30. The van der Waals surface area contributed by atoms with Gasteiger partial charge in [-0.15, -0.1) is 11.3 Å². The van der Waals surface area contributed by atoms with Crippen LogP contribution in [0, 0.1) is 0 Å². The lowest BCUT2D eigenvalue weighted by Crippen LogP contribution is -2.55. The molecule has 154 valence electrons. The average molecular weight is 440 g/mol. The summed E-state index contributed by atoms with van der Waals surface area (Å²) in [7, 11) is 0. The van der Waals surface area contributed by atoms with E-state index < -0.39 is 0 Å². The molecule has 2 aliphatic heterocycles. The van der Waals surface area contributed by atoms with Crippen molar-refractivity contribution < 1.29 is 4.42 Å². The number of fused-ring (bicyclic) bond motifs is 11. The molecular formula is C28H17BN2OS. The first-order chi connectivity index (χ1) is 16.4. The number of anilines is 4. The molecule has 4 aromatic carbocycles. The molecule has 0 atom stereocenters. The lowest BCUT2D eigenvalue weighted by molar-refractivity contribution is 0.583. The van der Waals surface area contributed by atoms with E-state index in [-0.39, 0.29) is 6.98 Å². The van der Waals surface area contributed by atoms with E-state index >= 15 is 0 Å². The zero-order valence-electron chi connectivity index (χ0n) is 17.6. The largest absolute Gasteiger partial charge is 0.462 e. The molecule has 0 aliphatic carbocycles. The first-order valence-corrected chi connectivity index (χ1v) is 12.0. The summed E-state index contributed by atoms with van der Waals surface area (Å²) >= 11 is 1.88. The highest BCUT2D eigenvalue weighted by Crippen LogP contribution is 2.53. The highest BCUT2D eigenvalue weighted by molar-refractivity contribution is 7.26. The standard InChI is InChI=1S/C28H17BN2OS/c1-3-11-21-20(9-1)27-24(16-17-32-27)30-22-12-4-5-13-23(22)31(29(21)30)25-14-7-10-19-18-8-2-6-15-26(18)33-28(19)25/h1-17H. The molecule has 0 radical (unpaired) electrons. The molecule has 33 heavy (non-hydrogen) atoms. The van der Waals surface area contributed by atoms with Gasteiger partial charge in [-0.2, -0.15) is 0 Å². The summed E-state index contributed by atoms with van der Waals surface area (Å²) in [5, 5.41) is 2.64. The van der Waals surface area contributed by atoms with Crippen LogP contribution in [0.25, 0.3) is 31.5 Å². The van der Waals surface area contributed by atoms with Crippen molar-refractivity contribution in [3.05, 3.63) is 103 Å². The molecule has 0 unspecified atom stereocenters. The van der Waals surface area contributed by atoms with Crippen LogP contribution in [0.15, 0.2) is 108 Å². The van der Waals surface area contributed by atoms with E-state index in [1.54, 1.807) is 0 Å². The Hall–Kier alpha value is -3.96. The first kappa shape index (κ1) is 17.6. The van der Waals surface area contributed by atoms with Gasteiger partial charge in [0.15, 0.2) is 5.76 Å². The summed E-state index contributed by atoms with van der Waals surface area (Å²) in [4.78, 5) is 4.95. The smallest absolute Gasteiger partial charge is 0.421 e. The maximum Gasteiger partial charge on any atom is 0.421 e. The van der Waals surface area contributed by atoms with Crippen LogP contribution < -0.4 is 15.1 Å². The number of hydrogen-bond donors (Lipinski definition) is 0. The second-order valence-corrected chi connectivity index (χ2v) is 9.63. The van der Waals surface area contributed by atoms with Gasteiger partial charge in [-0.1, -0.05) is 66.7 Å². The fourth-order valence-corrected chi connectivity index (χ4v) is 6.81. The van der Waals surface area contributed by atoms with Gasteiger partial charge in [0.05, 0.1) is 28.0 Å². The van der Waals surface area contributed by atoms with Gasteiger partial charge in [0.1, 0.15) is 0 Å². The molecule has 0 fully saturated rings. The number of nitrogens with zero attached hydrogens (tertiary/aromatic N) is 2. The van der Waals surface area contributed by atoms with Crippen molar-refractivity contribution in [2.75, 3.05) is 9.62 Å². The van der Waals surface area contributed by atoms with Gasteiger partial charge in [-0.05, 0) is 35.8 Å². The molecule has 8 rings (SSSR count). The Bertz CT molecular complexity index is 1720. The Morgan fingerprint density at radius 3 is 2.21 bits per heavy atom. The van der Waals surface area contributed by atoms with E-state index in [0.29, 0.717) is 0 Å². The zero-order valence-corrected chi connectivity index (χ0v) is 18.4. The fourth-order valence-electron chi connectivity index (χ4n) is 5.60. The van der Waals surface area contributed by atoms with Crippen molar-refractivity contribution in [3.8, 4) is 11.3 Å². The molecular weight excluding hydrogens is 423 g/mol. The molecule has 5 heteroatoms. The molecule has 0 saturated carbocycles. The SMILES string of the molecule is c1ccc2c(c1)B1N(c3ccccc3N1c1cccc3c1sc1ccccc13)c1ccoc1-2. The van der Waals surface area contributed by atoms with E-state index in [1.165, 1.54) is 48.3 Å². The molecule has 4 heterocycles. The van der Waals surface area contributed by atoms with Crippen LogP contribution >= 0.6 is 11.3 Å². The number of benzene rings is 4. The van der Waals surface area contributed by atoms with E-state index in [9.17, 15) is 0 Å². The van der Waals surface area contributed by atoms with E-state index in [2.05, 4.69) is 107 Å². The number of para-hydroxylation sites is 2. The first-order valence-electron chi connectivity index (χ1n) is 11.1. The van der Waals surface area contributed by atoms with Crippen molar-refractivity contribution in [3.63, 3.8) is 0 Å². The summed E-state index contributed by atoms with van der Waals surface area (Å²) in [5.41, 5.74) is 7.22. The molecule has 2 aliphatic rings. The van der Waals surface area contributed by atoms with Gasteiger partial charge < -0.3 is 14.0 Å². The van der Waals surface area contributed by atoms with Crippen LogP contribution in [-0.4, -0.2) is 6.98 Å². The number of thiophene rings is 1. The molecule has 0 bridgehead atoms. The maximum absolute atomic E-state index is 6.00. The van der Waals surface area contributed by atoms with E-state index in [4.69, 9.17) is 4.42 Å². The van der Waals surface area contributed by atoms with Crippen molar-refractivity contribution in [1.82, 2.24) is 0 Å². The summed E-state index contributed by atoms with van der Waals surface area (Å²) in [6.45, 7) is 0.0273. The normalized spacial score (nSPS) is 13.9. The lowest BCUT2D eigenvalue weighted by Gasteiger charge is -2.34. The van der Waals surface area contributed by atoms with Gasteiger partial charge >= 0.3 is 6.98 Å². The molecule has 0 spiro atoms. The summed E-state index contributed by atoms with van der Waals surface area (Å²) in [5.74, 6) is 0.943. The highest BCUT2D eigenvalue weighted by Gasteiger charge is 2.49. The van der Waals surface area contributed by atoms with Crippen molar-refractivity contribution in [1.29, 1.82) is 0 Å². The number of furan rings is 1. The predicted molar refractivity (Wildman–Crippen MR) is 140 cm³/mol. The van der Waals surface area contributed by atoms with Gasteiger partial charge in [-0.3, -0.25) is 0 Å². The minimum atomic E-state index is 0.0273. The highest BCUT2D eigenvalue weighted by atomic mass is 32.1. The fraction of sp³-hybridized carbons (Fsp3) is 0. The van der Waals surface area contributed by atoms with E-state index in [1.807, 2.05) is 17.6 Å². The average Bonchev–Trinajstić information content (AvgIpc) is 3.58. The zero-order chi connectivity index (χ0) is 21.5. The molecule has 0 saturated heterocycles. The number of rotatable bonds is 1. The lowest BCUT2D eigenvalue weighted by atomic mass is 9.60. The van der Waals surface area contributed by atoms with Gasteiger partial charge in [0.2, 0.25) is 0 Å². The van der Waals surface area contributed by atoms with Crippen molar-refractivity contribution >= 4 is 66.7 Å². The predicted octanol–water partition coefficient (Wildman–Crippen LogP) is 7.31. The Morgan fingerprint density at radius 2 is 1.30 bits per heavy atom. The summed E-state index contributed by atoms with van der Waals surface area (Å²) in [6, 6.07) is 34.9. The summed E-state index contributed by atoms with van der Waals surface area (Å²) in [6.07, 6.45) is 1.81. The van der Waals surface area contributed by atoms with Crippen LogP contribution in [0.5, 0.6) is 0 Å². The topological polar surface area (TPSA) is 19.6 Å². The van der Waals surface area contributed by atoms with Crippen LogP contribution in [0.1, 0.15) is 0 Å². The van der Waals surface area contributed by atoms with Gasteiger partial charge in [0.25, 0.3) is 0 Å². The summed E-state index contributed by atoms with van der Waals surface area (Å²) < 4.78 is 8.65. The Balaban J connectivity index is 1.47. The quantitative estimate of drug-likeness (QED) is 0.250. The molecule has 0 N–H and O–H groups in total. The molecule has 6 aromatic rings. The minimum Gasteiger partial charge on any atom is -0.462 e. The second-order valence-electron chi connectivity index (χ2n) is 8.58. The minimum absolute atomic E-state index is 0.0273. The Labute approximate surface area is 195 Å². The van der Waals surface area contributed by atoms with Crippen LogP contribution in [-0.2, 0) is 0 Å². The Kier molecular flexibility index (Phi) is 3.36. The Morgan fingerprint density at radius 1 is 0.606 bits per heavy atom. The van der Waals surface area contributed by atoms with Crippen LogP contribution in [0.4, 0.5) is 22.7 Å². The van der Waals surface area contributed by atoms with Crippen LogP contribution in [0.2, 0.25) is 0 Å². The van der Waals surface area contributed by atoms with Crippen LogP contribution in [0.3, 0.4) is 0 Å². The molecule has 3 nitrogen and oxygen atoms in total. The molecule has 0 amide bonds. The van der Waals surface area contributed by atoms with E-state index in [0.717, 1.165) is 11.4 Å². The maximum atomic E-state index is 6.00. The monoisotopic (exact) mass is 440 g/mol. The third kappa shape index (κ3) is 2.20. The third-order valence-electron chi connectivity index (χ3n) is 6.92. The third-order valence-corrected chi connectivity index (χ3v) is 8.13. The number of hydrogen-bond acceptors (Lipinski definition) is 4. The van der Waals surface area contributed by atoms with Gasteiger partial charge in [-0.25, -0.2) is 0 Å². The molecule has 2 aromatic heterocycles. The van der Waals surface area contributed by atoms with Crippen molar-refractivity contribution in [2.45, 2.75) is 0 Å². The van der Waals surface area contributed by atoms with Gasteiger partial charge in [0, 0.05) is 26.7 Å². The van der Waals surface area contributed by atoms with Crippen molar-refractivity contribution in [2.24, 2.45) is 0 Å².